The Hall–Kier alpha value is -3.03. The lowest BCUT2D eigenvalue weighted by molar-refractivity contribution is -0.119. The van der Waals surface area contributed by atoms with E-state index in [0.29, 0.717) is 25.3 Å². The minimum absolute atomic E-state index is 0.0518. The molecule has 3 N–H and O–H groups in total. The van der Waals surface area contributed by atoms with E-state index >= 15 is 0 Å². The Morgan fingerprint density at radius 1 is 1.38 bits per heavy atom. The van der Waals surface area contributed by atoms with Gasteiger partial charge in [-0.05, 0) is 17.7 Å². The first kappa shape index (κ1) is 15.9. The molecule has 1 atom stereocenters. The molecule has 0 bridgehead atoms. The van der Waals surface area contributed by atoms with Gasteiger partial charge in [0, 0.05) is 25.2 Å². The zero-order valence-corrected chi connectivity index (χ0v) is 13.3. The SMILES string of the molecule is COc1ccc(Cn2ccc(NC(=O)N[C@H]3CNC(=O)C3)n2)cc1. The summed E-state index contributed by atoms with van der Waals surface area (Å²) >= 11 is 0. The van der Waals surface area contributed by atoms with Gasteiger partial charge in [-0.15, -0.1) is 0 Å². The average Bonchev–Trinajstić information content (AvgIpc) is 3.17. The van der Waals surface area contributed by atoms with Gasteiger partial charge < -0.3 is 15.4 Å². The van der Waals surface area contributed by atoms with E-state index in [4.69, 9.17) is 4.74 Å². The number of urea groups is 1. The summed E-state index contributed by atoms with van der Waals surface area (Å²) in [7, 11) is 1.63. The fourth-order valence-electron chi connectivity index (χ4n) is 2.48. The summed E-state index contributed by atoms with van der Waals surface area (Å²) in [6.45, 7) is 1.05. The second kappa shape index (κ2) is 7.03. The number of nitrogens with zero attached hydrogens (tertiary/aromatic N) is 2. The van der Waals surface area contributed by atoms with Gasteiger partial charge in [0.1, 0.15) is 5.75 Å². The van der Waals surface area contributed by atoms with E-state index in [9.17, 15) is 9.59 Å². The maximum atomic E-state index is 11.9. The second-order valence-electron chi connectivity index (χ2n) is 5.55. The average molecular weight is 329 g/mol. The summed E-state index contributed by atoms with van der Waals surface area (Å²) in [5, 5.41) is 12.4. The van der Waals surface area contributed by atoms with E-state index in [2.05, 4.69) is 21.0 Å². The Labute approximate surface area is 139 Å². The van der Waals surface area contributed by atoms with Crippen LogP contribution in [0.4, 0.5) is 10.6 Å². The molecule has 0 aliphatic carbocycles. The van der Waals surface area contributed by atoms with Gasteiger partial charge in [0.2, 0.25) is 5.91 Å². The molecule has 1 saturated heterocycles. The van der Waals surface area contributed by atoms with Crippen molar-refractivity contribution in [2.45, 2.75) is 19.0 Å². The van der Waals surface area contributed by atoms with E-state index in [1.165, 1.54) is 0 Å². The Kier molecular flexibility index (Phi) is 4.64. The zero-order chi connectivity index (χ0) is 16.9. The van der Waals surface area contributed by atoms with Crippen molar-refractivity contribution in [2.75, 3.05) is 19.0 Å². The Bertz CT molecular complexity index is 726. The number of amides is 3. The van der Waals surface area contributed by atoms with E-state index in [1.54, 1.807) is 24.1 Å². The quantitative estimate of drug-likeness (QED) is 0.761. The molecule has 3 rings (SSSR count). The second-order valence-corrected chi connectivity index (χ2v) is 5.55. The number of aromatic nitrogens is 2. The van der Waals surface area contributed by atoms with Crippen molar-refractivity contribution in [1.82, 2.24) is 20.4 Å². The maximum Gasteiger partial charge on any atom is 0.320 e. The van der Waals surface area contributed by atoms with Crippen molar-refractivity contribution in [3.8, 4) is 5.75 Å². The van der Waals surface area contributed by atoms with Gasteiger partial charge in [0.15, 0.2) is 5.82 Å². The third-order valence-corrected chi connectivity index (χ3v) is 3.70. The van der Waals surface area contributed by atoms with Crippen molar-refractivity contribution < 1.29 is 14.3 Å². The Morgan fingerprint density at radius 3 is 2.83 bits per heavy atom. The molecule has 3 amide bonds. The summed E-state index contributed by atoms with van der Waals surface area (Å²) in [4.78, 5) is 23.0. The molecule has 126 valence electrons. The summed E-state index contributed by atoms with van der Waals surface area (Å²) in [5.41, 5.74) is 1.07. The van der Waals surface area contributed by atoms with Crippen LogP contribution in [0, 0.1) is 0 Å². The van der Waals surface area contributed by atoms with Crippen LogP contribution >= 0.6 is 0 Å². The number of hydrogen-bond donors (Lipinski definition) is 3. The fourth-order valence-corrected chi connectivity index (χ4v) is 2.48. The molecule has 8 heteroatoms. The number of hydrogen-bond acceptors (Lipinski definition) is 4. The largest absolute Gasteiger partial charge is 0.497 e. The van der Waals surface area contributed by atoms with Gasteiger partial charge in [-0.2, -0.15) is 5.10 Å². The monoisotopic (exact) mass is 329 g/mol. The summed E-state index contributed by atoms with van der Waals surface area (Å²) in [6.07, 6.45) is 2.10. The molecule has 2 aromatic rings. The minimum atomic E-state index is -0.369. The van der Waals surface area contributed by atoms with Gasteiger partial charge in [-0.1, -0.05) is 12.1 Å². The smallest absolute Gasteiger partial charge is 0.320 e. The van der Waals surface area contributed by atoms with Gasteiger partial charge >= 0.3 is 6.03 Å². The highest BCUT2D eigenvalue weighted by Gasteiger charge is 2.22. The number of methoxy groups -OCH3 is 1. The van der Waals surface area contributed by atoms with Crippen molar-refractivity contribution in [2.24, 2.45) is 0 Å². The molecule has 1 fully saturated rings. The van der Waals surface area contributed by atoms with E-state index in [0.717, 1.165) is 11.3 Å². The molecule has 1 aliphatic heterocycles. The molecular formula is C16H19N5O3. The highest BCUT2D eigenvalue weighted by molar-refractivity contribution is 5.89. The summed E-state index contributed by atoms with van der Waals surface area (Å²) in [5.74, 6) is 1.21. The maximum absolute atomic E-state index is 11.9. The van der Waals surface area contributed by atoms with Gasteiger partial charge in [0.25, 0.3) is 0 Å². The molecule has 1 aromatic carbocycles. The van der Waals surface area contributed by atoms with Gasteiger partial charge in [0.05, 0.1) is 19.7 Å². The Morgan fingerprint density at radius 2 is 2.17 bits per heavy atom. The fraction of sp³-hybridized carbons (Fsp3) is 0.312. The molecule has 2 heterocycles. The molecule has 8 nitrogen and oxygen atoms in total. The molecule has 24 heavy (non-hydrogen) atoms. The lowest BCUT2D eigenvalue weighted by Crippen LogP contribution is -2.39. The van der Waals surface area contributed by atoms with Gasteiger partial charge in [-0.3, -0.25) is 14.8 Å². The van der Waals surface area contributed by atoms with Crippen molar-refractivity contribution in [3.63, 3.8) is 0 Å². The minimum Gasteiger partial charge on any atom is -0.497 e. The van der Waals surface area contributed by atoms with Crippen LogP contribution in [0.15, 0.2) is 36.5 Å². The molecular weight excluding hydrogens is 310 g/mol. The standard InChI is InChI=1S/C16H19N5O3/c1-24-13-4-2-11(3-5-13)10-21-7-6-14(20-21)19-16(23)18-12-8-15(22)17-9-12/h2-7,12H,8-10H2,1H3,(H,17,22)(H2,18,19,20,23)/t12-/m1/s1. The van der Waals surface area contributed by atoms with E-state index < -0.39 is 0 Å². The number of nitrogens with one attached hydrogen (secondary N) is 3. The van der Waals surface area contributed by atoms with Crippen molar-refractivity contribution in [3.05, 3.63) is 42.1 Å². The zero-order valence-electron chi connectivity index (χ0n) is 13.3. The topological polar surface area (TPSA) is 97.3 Å². The normalized spacial score (nSPS) is 16.5. The van der Waals surface area contributed by atoms with Gasteiger partial charge in [-0.25, -0.2) is 4.79 Å². The highest BCUT2D eigenvalue weighted by Crippen LogP contribution is 2.13. The van der Waals surface area contributed by atoms with Crippen LogP contribution in [-0.2, 0) is 11.3 Å². The first-order valence-corrected chi connectivity index (χ1v) is 7.63. The van der Waals surface area contributed by atoms with Crippen LogP contribution in [0.3, 0.4) is 0 Å². The predicted molar refractivity (Wildman–Crippen MR) is 87.9 cm³/mol. The number of anilines is 1. The Balaban J connectivity index is 1.52. The highest BCUT2D eigenvalue weighted by atomic mass is 16.5. The molecule has 0 unspecified atom stereocenters. The van der Waals surface area contributed by atoms with Crippen LogP contribution in [-0.4, -0.2) is 41.4 Å². The third kappa shape index (κ3) is 4.03. The molecule has 1 aliphatic rings. The molecule has 1 aromatic heterocycles. The van der Waals surface area contributed by atoms with Crippen LogP contribution in [0.2, 0.25) is 0 Å². The summed E-state index contributed by atoms with van der Waals surface area (Å²) < 4.78 is 6.86. The predicted octanol–water partition coefficient (Wildman–Crippen LogP) is 0.950. The van der Waals surface area contributed by atoms with Crippen molar-refractivity contribution >= 4 is 17.8 Å². The number of benzene rings is 1. The number of carbonyl (C=O) groups excluding carboxylic acids is 2. The van der Waals surface area contributed by atoms with E-state index in [-0.39, 0.29) is 18.0 Å². The first-order valence-electron chi connectivity index (χ1n) is 7.63. The lowest BCUT2D eigenvalue weighted by Gasteiger charge is -2.10. The van der Waals surface area contributed by atoms with E-state index in [1.807, 2.05) is 24.3 Å². The number of ether oxygens (including phenoxy) is 1. The number of carbonyl (C=O) groups is 2. The van der Waals surface area contributed by atoms with Crippen LogP contribution in [0.25, 0.3) is 0 Å². The number of rotatable bonds is 5. The van der Waals surface area contributed by atoms with Crippen LogP contribution in [0.1, 0.15) is 12.0 Å². The first-order chi connectivity index (χ1) is 11.6. The van der Waals surface area contributed by atoms with Crippen LogP contribution in [0.5, 0.6) is 5.75 Å². The molecule has 0 saturated carbocycles. The summed E-state index contributed by atoms with van der Waals surface area (Å²) in [6, 6.07) is 8.88. The third-order valence-electron chi connectivity index (χ3n) is 3.70. The molecule has 0 spiro atoms. The van der Waals surface area contributed by atoms with Crippen molar-refractivity contribution in [1.29, 1.82) is 0 Å². The lowest BCUT2D eigenvalue weighted by atomic mass is 10.2. The van der Waals surface area contributed by atoms with Crippen LogP contribution < -0.4 is 20.7 Å². The molecule has 0 radical (unpaired) electrons.